The predicted molar refractivity (Wildman–Crippen MR) is 69.1 cm³/mol. The Kier molecular flexibility index (Phi) is 7.91. The van der Waals surface area contributed by atoms with Gasteiger partial charge in [0.2, 0.25) is 11.8 Å². The van der Waals surface area contributed by atoms with Crippen LogP contribution in [-0.2, 0) is 9.59 Å². The quantitative estimate of drug-likeness (QED) is 0.671. The van der Waals surface area contributed by atoms with Gasteiger partial charge in [-0.2, -0.15) is 0 Å². The van der Waals surface area contributed by atoms with Gasteiger partial charge in [0.25, 0.3) is 0 Å². The summed E-state index contributed by atoms with van der Waals surface area (Å²) >= 11 is 0. The summed E-state index contributed by atoms with van der Waals surface area (Å²) in [6.07, 6.45) is 1.93. The first kappa shape index (κ1) is 16.2. The molecule has 1 rings (SSSR count). The molecule has 2 unspecified atom stereocenters. The van der Waals surface area contributed by atoms with E-state index in [4.69, 9.17) is 0 Å². The Morgan fingerprint density at radius 1 is 1.47 bits per heavy atom. The maximum Gasteiger partial charge on any atom is 0.242 e. The van der Waals surface area contributed by atoms with E-state index in [0.29, 0.717) is 13.1 Å². The third-order valence-corrected chi connectivity index (χ3v) is 2.77. The van der Waals surface area contributed by atoms with Gasteiger partial charge in [-0.15, -0.1) is 12.4 Å². The molecule has 0 aromatic carbocycles. The molecule has 0 aromatic heterocycles. The van der Waals surface area contributed by atoms with Gasteiger partial charge in [-0.1, -0.05) is 0 Å². The molecule has 1 aliphatic rings. The third-order valence-electron chi connectivity index (χ3n) is 2.77. The topological polar surface area (TPSA) is 70.2 Å². The molecule has 0 spiro atoms. The van der Waals surface area contributed by atoms with E-state index in [2.05, 4.69) is 16.0 Å². The average molecular weight is 264 g/mol. The lowest BCUT2D eigenvalue weighted by atomic mass is 9.98. The Balaban J connectivity index is 0.00000256. The van der Waals surface area contributed by atoms with Crippen molar-refractivity contribution in [3.8, 4) is 0 Å². The number of likely N-dealkylation sites (N-methyl/N-ethyl adjacent to an activating group) is 1. The molecule has 2 amide bonds. The van der Waals surface area contributed by atoms with E-state index in [1.165, 1.54) is 0 Å². The zero-order valence-electron chi connectivity index (χ0n) is 10.4. The van der Waals surface area contributed by atoms with E-state index >= 15 is 0 Å². The fourth-order valence-corrected chi connectivity index (χ4v) is 1.80. The van der Waals surface area contributed by atoms with Crippen molar-refractivity contribution in [1.82, 2.24) is 16.0 Å². The highest BCUT2D eigenvalue weighted by Crippen LogP contribution is 2.09. The standard InChI is InChI=1S/C11H21N3O2.ClH/c1-3-13-10(15)8(2)14-11(16)9-5-4-6-12-7-9;/h8-9,12H,3-7H2,1-2H3,(H,13,15)(H,14,16);1H. The van der Waals surface area contributed by atoms with Crippen LogP contribution in [0.1, 0.15) is 26.7 Å². The normalized spacial score (nSPS) is 20.9. The number of halogens is 1. The van der Waals surface area contributed by atoms with Crippen molar-refractivity contribution in [3.63, 3.8) is 0 Å². The van der Waals surface area contributed by atoms with Crippen LogP contribution in [0.25, 0.3) is 0 Å². The van der Waals surface area contributed by atoms with Gasteiger partial charge in [0.1, 0.15) is 6.04 Å². The van der Waals surface area contributed by atoms with Gasteiger partial charge in [0.05, 0.1) is 5.92 Å². The number of carbonyl (C=O) groups excluding carboxylic acids is 2. The highest BCUT2D eigenvalue weighted by atomic mass is 35.5. The molecule has 0 radical (unpaired) electrons. The minimum Gasteiger partial charge on any atom is -0.355 e. The summed E-state index contributed by atoms with van der Waals surface area (Å²) < 4.78 is 0. The van der Waals surface area contributed by atoms with Crippen molar-refractivity contribution < 1.29 is 9.59 Å². The molecule has 0 saturated carbocycles. The van der Waals surface area contributed by atoms with Crippen molar-refractivity contribution >= 4 is 24.2 Å². The zero-order valence-corrected chi connectivity index (χ0v) is 11.2. The molecule has 0 aliphatic carbocycles. The molecule has 1 heterocycles. The minimum atomic E-state index is -0.450. The van der Waals surface area contributed by atoms with E-state index in [9.17, 15) is 9.59 Å². The molecule has 17 heavy (non-hydrogen) atoms. The van der Waals surface area contributed by atoms with E-state index < -0.39 is 6.04 Å². The summed E-state index contributed by atoms with van der Waals surface area (Å²) in [7, 11) is 0. The Morgan fingerprint density at radius 2 is 2.18 bits per heavy atom. The molecule has 1 aliphatic heterocycles. The predicted octanol–water partition coefficient (Wildman–Crippen LogP) is 0.0486. The van der Waals surface area contributed by atoms with Crippen LogP contribution in [0.15, 0.2) is 0 Å². The van der Waals surface area contributed by atoms with Crippen molar-refractivity contribution in [1.29, 1.82) is 0 Å². The molecule has 2 atom stereocenters. The zero-order chi connectivity index (χ0) is 12.0. The highest BCUT2D eigenvalue weighted by molar-refractivity contribution is 5.88. The van der Waals surface area contributed by atoms with Crippen molar-refractivity contribution in [2.45, 2.75) is 32.7 Å². The van der Waals surface area contributed by atoms with E-state index in [1.54, 1.807) is 6.92 Å². The van der Waals surface area contributed by atoms with E-state index in [1.807, 2.05) is 6.92 Å². The van der Waals surface area contributed by atoms with Crippen molar-refractivity contribution in [2.24, 2.45) is 5.92 Å². The van der Waals surface area contributed by atoms with Crippen LogP contribution >= 0.6 is 12.4 Å². The number of nitrogens with one attached hydrogen (secondary N) is 3. The van der Waals surface area contributed by atoms with Crippen LogP contribution in [0.2, 0.25) is 0 Å². The smallest absolute Gasteiger partial charge is 0.242 e. The van der Waals surface area contributed by atoms with E-state index in [0.717, 1.165) is 19.4 Å². The second-order valence-corrected chi connectivity index (χ2v) is 4.17. The molecule has 0 bridgehead atoms. The number of rotatable bonds is 4. The minimum absolute atomic E-state index is 0. The SMILES string of the molecule is CCNC(=O)C(C)NC(=O)C1CCCNC1.Cl. The van der Waals surface area contributed by atoms with Crippen LogP contribution in [0.3, 0.4) is 0 Å². The first-order valence-corrected chi connectivity index (χ1v) is 5.94. The average Bonchev–Trinajstić information content (AvgIpc) is 2.30. The van der Waals surface area contributed by atoms with Crippen LogP contribution in [0.5, 0.6) is 0 Å². The number of amides is 2. The summed E-state index contributed by atoms with van der Waals surface area (Å²) in [4.78, 5) is 23.2. The maximum atomic E-state index is 11.8. The van der Waals surface area contributed by atoms with Gasteiger partial charge in [-0.25, -0.2) is 0 Å². The van der Waals surface area contributed by atoms with Crippen LogP contribution in [0, 0.1) is 5.92 Å². The van der Waals surface area contributed by atoms with Gasteiger partial charge < -0.3 is 16.0 Å². The molecular formula is C11H22ClN3O2. The Hall–Kier alpha value is -0.810. The summed E-state index contributed by atoms with van der Waals surface area (Å²) in [6.45, 7) is 5.85. The number of piperidine rings is 1. The third kappa shape index (κ3) is 5.37. The van der Waals surface area contributed by atoms with Crippen LogP contribution < -0.4 is 16.0 Å². The molecular weight excluding hydrogens is 242 g/mol. The largest absolute Gasteiger partial charge is 0.355 e. The van der Waals surface area contributed by atoms with Crippen molar-refractivity contribution in [3.05, 3.63) is 0 Å². The van der Waals surface area contributed by atoms with Gasteiger partial charge in [-0.3, -0.25) is 9.59 Å². The Labute approximate surface area is 109 Å². The molecule has 0 aromatic rings. The number of hydrogen-bond acceptors (Lipinski definition) is 3. The van der Waals surface area contributed by atoms with Gasteiger partial charge in [-0.05, 0) is 33.2 Å². The van der Waals surface area contributed by atoms with Crippen molar-refractivity contribution in [2.75, 3.05) is 19.6 Å². The fraction of sp³-hybridized carbons (Fsp3) is 0.818. The lowest BCUT2D eigenvalue weighted by Gasteiger charge is -2.23. The molecule has 1 saturated heterocycles. The molecule has 1 fully saturated rings. The van der Waals surface area contributed by atoms with Gasteiger partial charge >= 0.3 is 0 Å². The van der Waals surface area contributed by atoms with E-state index in [-0.39, 0.29) is 30.1 Å². The van der Waals surface area contributed by atoms with Gasteiger partial charge in [0, 0.05) is 13.1 Å². The highest BCUT2D eigenvalue weighted by Gasteiger charge is 2.23. The Bertz CT molecular complexity index is 255. The second kappa shape index (κ2) is 8.31. The summed E-state index contributed by atoms with van der Waals surface area (Å²) in [5, 5.41) is 8.61. The van der Waals surface area contributed by atoms with Crippen LogP contribution in [0.4, 0.5) is 0 Å². The first-order valence-electron chi connectivity index (χ1n) is 5.94. The fourth-order valence-electron chi connectivity index (χ4n) is 1.80. The lowest BCUT2D eigenvalue weighted by Crippen LogP contribution is -2.49. The number of carbonyl (C=O) groups is 2. The summed E-state index contributed by atoms with van der Waals surface area (Å²) in [5.74, 6) is -0.142. The number of hydrogen-bond donors (Lipinski definition) is 3. The summed E-state index contributed by atoms with van der Waals surface area (Å²) in [5.41, 5.74) is 0. The molecule has 6 heteroatoms. The lowest BCUT2D eigenvalue weighted by molar-refractivity contribution is -0.131. The maximum absolute atomic E-state index is 11.8. The van der Waals surface area contributed by atoms with Gasteiger partial charge in [0.15, 0.2) is 0 Å². The Morgan fingerprint density at radius 3 is 2.71 bits per heavy atom. The molecule has 100 valence electrons. The first-order chi connectivity index (χ1) is 7.65. The molecule has 5 nitrogen and oxygen atoms in total. The molecule has 3 N–H and O–H groups in total. The monoisotopic (exact) mass is 263 g/mol. The second-order valence-electron chi connectivity index (χ2n) is 4.17. The summed E-state index contributed by atoms with van der Waals surface area (Å²) in [6, 6.07) is -0.450. The van der Waals surface area contributed by atoms with Crippen LogP contribution in [-0.4, -0.2) is 37.5 Å².